The van der Waals surface area contributed by atoms with E-state index in [4.69, 9.17) is 5.41 Å². The van der Waals surface area contributed by atoms with E-state index in [9.17, 15) is 0 Å². The van der Waals surface area contributed by atoms with Gasteiger partial charge in [-0.2, -0.15) is 0 Å². The molecular formula is C10H12N2. The Balaban J connectivity index is 3.04. The Labute approximate surface area is 72.5 Å². The summed E-state index contributed by atoms with van der Waals surface area (Å²) in [4.78, 5) is 4.15. The molecule has 1 heterocycles. The highest BCUT2D eigenvalue weighted by molar-refractivity contribution is 5.82. The first-order valence-corrected chi connectivity index (χ1v) is 3.84. The van der Waals surface area contributed by atoms with Crippen LogP contribution in [-0.4, -0.2) is 11.2 Å². The van der Waals surface area contributed by atoms with Gasteiger partial charge in [0.2, 0.25) is 0 Å². The molecule has 2 nitrogen and oxygen atoms in total. The van der Waals surface area contributed by atoms with Gasteiger partial charge in [-0.1, -0.05) is 6.07 Å². The van der Waals surface area contributed by atoms with Crippen LogP contribution in [0.2, 0.25) is 0 Å². The Morgan fingerprint density at radius 3 is 2.92 bits per heavy atom. The van der Waals surface area contributed by atoms with Crippen molar-refractivity contribution in [1.29, 1.82) is 5.41 Å². The molecule has 62 valence electrons. The number of hydrogen-bond acceptors (Lipinski definition) is 2. The van der Waals surface area contributed by atoms with E-state index in [1.165, 1.54) is 6.21 Å². The molecule has 0 saturated heterocycles. The van der Waals surface area contributed by atoms with Crippen LogP contribution < -0.4 is 0 Å². The number of nitrogens with zero attached hydrogens (tertiary/aromatic N) is 1. The molecule has 0 aliphatic rings. The molecule has 1 N–H and O–H groups in total. The van der Waals surface area contributed by atoms with E-state index in [0.29, 0.717) is 0 Å². The van der Waals surface area contributed by atoms with Crippen LogP contribution in [0.5, 0.6) is 0 Å². The Hall–Kier alpha value is -1.44. The molecule has 0 aromatic carbocycles. The van der Waals surface area contributed by atoms with Gasteiger partial charge in [-0.3, -0.25) is 4.98 Å². The zero-order valence-electron chi connectivity index (χ0n) is 7.33. The van der Waals surface area contributed by atoms with E-state index < -0.39 is 0 Å². The standard InChI is InChI=1S/C10H12N2/c1-8(7-11)6-10-4-3-5-12-9(10)2/h3-7,11H,1-2H3/b8-6-,11-7?. The number of hydrogen-bond donors (Lipinski definition) is 1. The number of aromatic nitrogens is 1. The summed E-state index contributed by atoms with van der Waals surface area (Å²) in [6.45, 7) is 3.86. The Kier molecular flexibility index (Phi) is 2.75. The molecule has 0 bridgehead atoms. The maximum absolute atomic E-state index is 7.01. The summed E-state index contributed by atoms with van der Waals surface area (Å²) in [6.07, 6.45) is 5.06. The maximum Gasteiger partial charge on any atom is 0.0444 e. The summed E-state index contributed by atoms with van der Waals surface area (Å²) in [7, 11) is 0. The van der Waals surface area contributed by atoms with Gasteiger partial charge in [0.25, 0.3) is 0 Å². The van der Waals surface area contributed by atoms with Crippen molar-refractivity contribution in [3.63, 3.8) is 0 Å². The quantitative estimate of drug-likeness (QED) is 0.663. The second kappa shape index (κ2) is 3.81. The van der Waals surface area contributed by atoms with Crippen molar-refractivity contribution in [2.24, 2.45) is 0 Å². The van der Waals surface area contributed by atoms with Gasteiger partial charge in [-0.25, -0.2) is 0 Å². The molecule has 2 heteroatoms. The Morgan fingerprint density at radius 2 is 2.33 bits per heavy atom. The lowest BCUT2D eigenvalue weighted by Gasteiger charge is -1.97. The summed E-state index contributed by atoms with van der Waals surface area (Å²) in [6, 6.07) is 3.89. The normalized spacial score (nSPS) is 11.3. The second-order valence-corrected chi connectivity index (χ2v) is 2.71. The van der Waals surface area contributed by atoms with E-state index in [1.54, 1.807) is 6.20 Å². The molecule has 0 aliphatic heterocycles. The van der Waals surface area contributed by atoms with Crippen molar-refractivity contribution in [3.05, 3.63) is 35.2 Å². The van der Waals surface area contributed by atoms with Gasteiger partial charge in [0.1, 0.15) is 0 Å². The molecule has 0 aliphatic carbocycles. The lowest BCUT2D eigenvalue weighted by molar-refractivity contribution is 1.19. The third kappa shape index (κ3) is 2.02. The van der Waals surface area contributed by atoms with Crippen molar-refractivity contribution >= 4 is 12.3 Å². The summed E-state index contributed by atoms with van der Waals surface area (Å²) in [5.41, 5.74) is 3.02. The Morgan fingerprint density at radius 1 is 1.58 bits per heavy atom. The Bertz CT molecular complexity index is 313. The molecule has 0 fully saturated rings. The minimum Gasteiger partial charge on any atom is -0.308 e. The van der Waals surface area contributed by atoms with Gasteiger partial charge in [0.05, 0.1) is 0 Å². The molecule has 1 aromatic heterocycles. The first-order valence-electron chi connectivity index (χ1n) is 3.84. The number of allylic oxidation sites excluding steroid dienone is 1. The minimum absolute atomic E-state index is 0.936. The van der Waals surface area contributed by atoms with Crippen LogP contribution >= 0.6 is 0 Å². The van der Waals surface area contributed by atoms with Gasteiger partial charge >= 0.3 is 0 Å². The fourth-order valence-corrected chi connectivity index (χ4v) is 0.936. The molecule has 0 amide bonds. The highest BCUT2D eigenvalue weighted by Gasteiger charge is 1.93. The fraction of sp³-hybridized carbons (Fsp3) is 0.200. The second-order valence-electron chi connectivity index (χ2n) is 2.71. The number of aryl methyl sites for hydroxylation is 1. The molecular weight excluding hydrogens is 148 g/mol. The maximum atomic E-state index is 7.01. The lowest BCUT2D eigenvalue weighted by Crippen LogP contribution is -1.85. The molecule has 1 rings (SSSR count). The lowest BCUT2D eigenvalue weighted by atomic mass is 10.1. The van der Waals surface area contributed by atoms with Crippen molar-refractivity contribution in [2.75, 3.05) is 0 Å². The smallest absolute Gasteiger partial charge is 0.0444 e. The van der Waals surface area contributed by atoms with Crippen LogP contribution in [0.3, 0.4) is 0 Å². The summed E-state index contributed by atoms with van der Waals surface area (Å²) in [5.74, 6) is 0. The molecule has 0 atom stereocenters. The van der Waals surface area contributed by atoms with Crippen molar-refractivity contribution < 1.29 is 0 Å². The van der Waals surface area contributed by atoms with Crippen LogP contribution in [0.25, 0.3) is 6.08 Å². The topological polar surface area (TPSA) is 36.7 Å². The third-order valence-electron chi connectivity index (χ3n) is 1.66. The van der Waals surface area contributed by atoms with Gasteiger partial charge < -0.3 is 5.41 Å². The largest absolute Gasteiger partial charge is 0.308 e. The first kappa shape index (κ1) is 8.65. The number of pyridine rings is 1. The molecule has 0 spiro atoms. The highest BCUT2D eigenvalue weighted by Crippen LogP contribution is 2.07. The highest BCUT2D eigenvalue weighted by atomic mass is 14.7. The van der Waals surface area contributed by atoms with Crippen LogP contribution in [0, 0.1) is 12.3 Å². The van der Waals surface area contributed by atoms with Crippen molar-refractivity contribution in [1.82, 2.24) is 4.98 Å². The molecule has 0 unspecified atom stereocenters. The van der Waals surface area contributed by atoms with Gasteiger partial charge in [0, 0.05) is 18.1 Å². The van der Waals surface area contributed by atoms with E-state index in [1.807, 2.05) is 32.1 Å². The van der Waals surface area contributed by atoms with Gasteiger partial charge in [-0.15, -0.1) is 0 Å². The van der Waals surface area contributed by atoms with E-state index in [0.717, 1.165) is 16.8 Å². The third-order valence-corrected chi connectivity index (χ3v) is 1.66. The molecule has 1 aromatic rings. The van der Waals surface area contributed by atoms with Crippen LogP contribution in [0.1, 0.15) is 18.2 Å². The SMILES string of the molecule is C/C(C=N)=C/c1cccnc1C. The van der Waals surface area contributed by atoms with Crippen molar-refractivity contribution in [3.8, 4) is 0 Å². The molecule has 0 radical (unpaired) electrons. The average Bonchev–Trinajstić information content (AvgIpc) is 2.09. The predicted molar refractivity (Wildman–Crippen MR) is 51.4 cm³/mol. The summed E-state index contributed by atoms with van der Waals surface area (Å²) in [5, 5.41) is 7.01. The van der Waals surface area contributed by atoms with Gasteiger partial charge in [-0.05, 0) is 37.1 Å². The van der Waals surface area contributed by atoms with Crippen LogP contribution in [0.4, 0.5) is 0 Å². The zero-order valence-corrected chi connectivity index (χ0v) is 7.33. The molecule has 12 heavy (non-hydrogen) atoms. The van der Waals surface area contributed by atoms with Crippen LogP contribution in [-0.2, 0) is 0 Å². The minimum atomic E-state index is 0.936. The predicted octanol–water partition coefficient (Wildman–Crippen LogP) is 2.44. The van der Waals surface area contributed by atoms with E-state index in [-0.39, 0.29) is 0 Å². The zero-order chi connectivity index (χ0) is 8.97. The molecule has 0 saturated carbocycles. The average molecular weight is 160 g/mol. The van der Waals surface area contributed by atoms with Gasteiger partial charge in [0.15, 0.2) is 0 Å². The van der Waals surface area contributed by atoms with E-state index >= 15 is 0 Å². The fourth-order valence-electron chi connectivity index (χ4n) is 0.936. The van der Waals surface area contributed by atoms with E-state index in [2.05, 4.69) is 4.98 Å². The summed E-state index contributed by atoms with van der Waals surface area (Å²) < 4.78 is 0. The van der Waals surface area contributed by atoms with Crippen molar-refractivity contribution in [2.45, 2.75) is 13.8 Å². The number of nitrogens with one attached hydrogen (secondary N) is 1. The first-order chi connectivity index (χ1) is 5.74. The summed E-state index contributed by atoms with van der Waals surface area (Å²) >= 11 is 0. The number of rotatable bonds is 2. The van der Waals surface area contributed by atoms with Crippen LogP contribution in [0.15, 0.2) is 23.9 Å². The monoisotopic (exact) mass is 160 g/mol.